The van der Waals surface area contributed by atoms with Gasteiger partial charge in [0, 0.05) is 38.0 Å². The quantitative estimate of drug-likeness (QED) is 0.179. The van der Waals surface area contributed by atoms with E-state index in [1.165, 1.54) is 19.3 Å². The molecule has 5 aliphatic rings. The third kappa shape index (κ3) is 5.60. The summed E-state index contributed by atoms with van der Waals surface area (Å²) in [7, 11) is 1.56. The molecule has 1 aliphatic carbocycles. The number of halogens is 1. The maximum Gasteiger partial charge on any atom is 0.410 e. The largest absolute Gasteiger partial charge is 0.468 e. The standard InChI is InChI=1S/C40H47FN6O5/c1-39(2,3)52-38(48)47-27-12-13-28(47)21-45(20-27)36-32-19-42-34(31-18-29(51-23-49-4)16-24-8-5-6-9-30(24)31)33(41)35(32)43-37(44-36)50-22-40-14-7-15-46(40)26-11-10-25(40)17-26/h5-6,8-9,16,18-19,25-28H,7,10-15,17,20-23H2,1-4H3. The number of rotatable bonds is 8. The van der Waals surface area contributed by atoms with Crippen LogP contribution in [0.25, 0.3) is 32.9 Å². The van der Waals surface area contributed by atoms with E-state index in [4.69, 9.17) is 33.9 Å². The number of methoxy groups -OCH3 is 1. The Morgan fingerprint density at radius 1 is 1.00 bits per heavy atom. The van der Waals surface area contributed by atoms with Crippen LogP contribution in [0.15, 0.2) is 42.6 Å². The Morgan fingerprint density at radius 3 is 2.58 bits per heavy atom. The molecule has 9 rings (SSSR count). The van der Waals surface area contributed by atoms with Crippen molar-refractivity contribution >= 4 is 33.6 Å². The van der Waals surface area contributed by atoms with E-state index in [0.717, 1.165) is 43.0 Å². The van der Waals surface area contributed by atoms with Crippen molar-refractivity contribution in [1.82, 2.24) is 24.8 Å². The Bertz CT molecular complexity index is 2030. The van der Waals surface area contributed by atoms with Crippen LogP contribution < -0.4 is 14.4 Å². The number of nitrogens with zero attached hydrogens (tertiary/aromatic N) is 6. The molecule has 5 fully saturated rings. The molecule has 4 aliphatic heterocycles. The first kappa shape index (κ1) is 33.5. The average Bonchev–Trinajstić information content (AvgIpc) is 3.90. The first-order chi connectivity index (χ1) is 25.1. The van der Waals surface area contributed by atoms with Crippen molar-refractivity contribution in [3.05, 3.63) is 48.4 Å². The first-order valence-corrected chi connectivity index (χ1v) is 18.8. The third-order valence-corrected chi connectivity index (χ3v) is 12.1. The minimum Gasteiger partial charge on any atom is -0.468 e. The smallest absolute Gasteiger partial charge is 0.410 e. The number of carbonyl (C=O) groups is 1. The zero-order chi connectivity index (χ0) is 35.8. The number of piperazine rings is 1. The monoisotopic (exact) mass is 710 g/mol. The molecule has 1 amide bonds. The molecule has 1 saturated carbocycles. The molecule has 12 heteroatoms. The van der Waals surface area contributed by atoms with E-state index in [0.29, 0.717) is 54.2 Å². The normalized spacial score (nSPS) is 26.8. The number of amides is 1. The highest BCUT2D eigenvalue weighted by Gasteiger charge is 2.59. The predicted molar refractivity (Wildman–Crippen MR) is 195 cm³/mol. The van der Waals surface area contributed by atoms with Gasteiger partial charge in [-0.05, 0) is 101 Å². The lowest BCUT2D eigenvalue weighted by atomic mass is 9.82. The highest BCUT2D eigenvalue weighted by molar-refractivity contribution is 6.00. The number of benzene rings is 2. The summed E-state index contributed by atoms with van der Waals surface area (Å²) < 4.78 is 40.6. The van der Waals surface area contributed by atoms with Crippen molar-refractivity contribution in [1.29, 1.82) is 0 Å². The van der Waals surface area contributed by atoms with E-state index < -0.39 is 11.4 Å². The van der Waals surface area contributed by atoms with E-state index in [1.54, 1.807) is 19.4 Å². The van der Waals surface area contributed by atoms with E-state index >= 15 is 4.39 Å². The average molecular weight is 711 g/mol. The minimum atomic E-state index is -0.586. The van der Waals surface area contributed by atoms with Gasteiger partial charge in [0.1, 0.15) is 35.0 Å². The maximum absolute atomic E-state index is 17.2. The number of fused-ring (bicyclic) bond motifs is 9. The number of ether oxygens (including phenoxy) is 4. The van der Waals surface area contributed by atoms with Crippen LogP contribution in [0.5, 0.6) is 11.8 Å². The van der Waals surface area contributed by atoms with E-state index in [1.807, 2.05) is 56.0 Å². The van der Waals surface area contributed by atoms with Gasteiger partial charge < -0.3 is 23.8 Å². The highest BCUT2D eigenvalue weighted by Crippen LogP contribution is 2.54. The third-order valence-electron chi connectivity index (χ3n) is 12.1. The molecule has 4 saturated heterocycles. The minimum absolute atomic E-state index is 0.0109. The second-order valence-electron chi connectivity index (χ2n) is 16.3. The molecular formula is C40H47FN6O5. The van der Waals surface area contributed by atoms with Crippen LogP contribution in [0.1, 0.15) is 65.7 Å². The van der Waals surface area contributed by atoms with Crippen LogP contribution in [0, 0.1) is 11.7 Å². The van der Waals surface area contributed by atoms with Crippen LogP contribution in [0.4, 0.5) is 15.0 Å². The van der Waals surface area contributed by atoms with Crippen LogP contribution in [0.2, 0.25) is 0 Å². The summed E-state index contributed by atoms with van der Waals surface area (Å²) in [6.07, 6.45) is 9.08. The molecule has 274 valence electrons. The van der Waals surface area contributed by atoms with Crippen molar-refractivity contribution in [2.75, 3.05) is 45.0 Å². The number of piperidine rings is 1. The molecule has 0 spiro atoms. The predicted octanol–water partition coefficient (Wildman–Crippen LogP) is 6.95. The fourth-order valence-corrected chi connectivity index (χ4v) is 9.99. The molecule has 4 bridgehead atoms. The molecule has 11 nitrogen and oxygen atoms in total. The van der Waals surface area contributed by atoms with Gasteiger partial charge in [0.15, 0.2) is 12.6 Å². The lowest BCUT2D eigenvalue weighted by molar-refractivity contribution is 0.0122. The number of aromatic nitrogens is 3. The number of hydrogen-bond acceptors (Lipinski definition) is 10. The van der Waals surface area contributed by atoms with Crippen molar-refractivity contribution in [3.63, 3.8) is 0 Å². The van der Waals surface area contributed by atoms with Gasteiger partial charge in [-0.3, -0.25) is 14.8 Å². The second kappa shape index (κ2) is 12.7. The maximum atomic E-state index is 17.2. The molecular weight excluding hydrogens is 663 g/mol. The van der Waals surface area contributed by atoms with E-state index in [9.17, 15) is 4.79 Å². The molecule has 2 aromatic carbocycles. The fourth-order valence-electron chi connectivity index (χ4n) is 9.99. The molecule has 4 aromatic rings. The van der Waals surface area contributed by atoms with Crippen molar-refractivity contribution in [2.45, 2.75) is 95.0 Å². The Hall–Kier alpha value is -4.29. The SMILES string of the molecule is COCOc1cc(-c2ncc3c(N4CC5CCC(C4)N5C(=O)OC(C)(C)C)nc(OCC45CCCN4C4CCC5C4)nc3c2F)c2ccccc2c1. The lowest BCUT2D eigenvalue weighted by Crippen LogP contribution is -2.57. The summed E-state index contributed by atoms with van der Waals surface area (Å²) in [4.78, 5) is 34.6. The van der Waals surface area contributed by atoms with Crippen LogP contribution in [0.3, 0.4) is 0 Å². The topological polar surface area (TPSA) is 102 Å². The molecule has 6 heterocycles. The number of carbonyl (C=O) groups excluding carboxylic acids is 1. The molecule has 5 atom stereocenters. The van der Waals surface area contributed by atoms with Crippen molar-refractivity contribution in [2.24, 2.45) is 5.92 Å². The summed E-state index contributed by atoms with van der Waals surface area (Å²) in [6, 6.07) is 12.2. The van der Waals surface area contributed by atoms with Crippen molar-refractivity contribution in [3.8, 4) is 23.0 Å². The lowest BCUT2D eigenvalue weighted by Gasteiger charge is -2.42. The summed E-state index contributed by atoms with van der Waals surface area (Å²) in [6.45, 7) is 8.39. The van der Waals surface area contributed by atoms with E-state index in [2.05, 4.69) is 9.80 Å². The zero-order valence-electron chi connectivity index (χ0n) is 30.4. The van der Waals surface area contributed by atoms with Gasteiger partial charge in [-0.2, -0.15) is 9.97 Å². The second-order valence-corrected chi connectivity index (χ2v) is 16.3. The van der Waals surface area contributed by atoms with E-state index in [-0.39, 0.29) is 47.7 Å². The van der Waals surface area contributed by atoms with Gasteiger partial charge >= 0.3 is 12.1 Å². The zero-order valence-corrected chi connectivity index (χ0v) is 30.4. The highest BCUT2D eigenvalue weighted by atomic mass is 19.1. The Morgan fingerprint density at radius 2 is 1.79 bits per heavy atom. The molecule has 2 aromatic heterocycles. The Kier molecular flexibility index (Phi) is 8.18. The first-order valence-electron chi connectivity index (χ1n) is 18.8. The summed E-state index contributed by atoms with van der Waals surface area (Å²) in [5, 5.41) is 2.25. The number of anilines is 1. The van der Waals surface area contributed by atoms with Gasteiger partial charge in [0.05, 0.1) is 23.0 Å². The Labute approximate surface area is 303 Å². The fraction of sp³-hybridized carbons (Fsp3) is 0.550. The number of hydrogen-bond donors (Lipinski definition) is 0. The summed E-state index contributed by atoms with van der Waals surface area (Å²) in [5.41, 5.74) is 0.331. The Balaban J connectivity index is 1.12. The van der Waals surface area contributed by atoms with Crippen LogP contribution in [-0.4, -0.2) is 100 Å². The molecule has 0 N–H and O–H groups in total. The molecule has 0 radical (unpaired) electrons. The summed E-state index contributed by atoms with van der Waals surface area (Å²) in [5.74, 6) is 1.18. The molecule has 5 unspecified atom stereocenters. The van der Waals surface area contributed by atoms with Gasteiger partial charge in [-0.25, -0.2) is 9.18 Å². The van der Waals surface area contributed by atoms with Crippen molar-refractivity contribution < 1.29 is 28.1 Å². The van der Waals surface area contributed by atoms with Gasteiger partial charge in [-0.1, -0.05) is 24.3 Å². The van der Waals surface area contributed by atoms with Crippen LogP contribution in [-0.2, 0) is 9.47 Å². The van der Waals surface area contributed by atoms with Gasteiger partial charge in [0.2, 0.25) is 0 Å². The van der Waals surface area contributed by atoms with Crippen LogP contribution >= 0.6 is 0 Å². The molecule has 52 heavy (non-hydrogen) atoms. The number of pyridine rings is 1. The van der Waals surface area contributed by atoms with Gasteiger partial charge in [0.25, 0.3) is 0 Å². The summed E-state index contributed by atoms with van der Waals surface area (Å²) >= 11 is 0. The van der Waals surface area contributed by atoms with Gasteiger partial charge in [-0.15, -0.1) is 0 Å².